The van der Waals surface area contributed by atoms with Gasteiger partial charge in [-0.3, -0.25) is 4.79 Å². The molecule has 0 bridgehead atoms. The van der Waals surface area contributed by atoms with Gasteiger partial charge in [0.05, 0.1) is 13.2 Å². The van der Waals surface area contributed by atoms with E-state index in [1.165, 1.54) is 6.92 Å². The summed E-state index contributed by atoms with van der Waals surface area (Å²) in [4.78, 5) is 11.0. The summed E-state index contributed by atoms with van der Waals surface area (Å²) in [5.41, 5.74) is 1.12. The first-order valence-corrected chi connectivity index (χ1v) is 6.60. The summed E-state index contributed by atoms with van der Waals surface area (Å²) >= 11 is 0. The zero-order valence-corrected chi connectivity index (χ0v) is 11.1. The molecule has 4 heteroatoms. The Kier molecular flexibility index (Phi) is 4.93. The van der Waals surface area contributed by atoms with Gasteiger partial charge in [-0.25, -0.2) is 0 Å². The molecule has 1 aliphatic rings. The molecule has 1 saturated carbocycles. The molecular formula is C15H20O4. The van der Waals surface area contributed by atoms with E-state index < -0.39 is 0 Å². The van der Waals surface area contributed by atoms with Crippen molar-refractivity contribution in [1.29, 1.82) is 0 Å². The summed E-state index contributed by atoms with van der Waals surface area (Å²) in [6.45, 7) is 2.59. The first-order valence-electron chi connectivity index (χ1n) is 6.60. The van der Waals surface area contributed by atoms with Crippen LogP contribution in [0.3, 0.4) is 0 Å². The van der Waals surface area contributed by atoms with Gasteiger partial charge in [0, 0.05) is 19.4 Å². The number of rotatable bonds is 6. The summed E-state index contributed by atoms with van der Waals surface area (Å²) in [6, 6.07) is 9.93. The van der Waals surface area contributed by atoms with E-state index in [-0.39, 0.29) is 30.5 Å². The normalized spacial score (nSPS) is 25.7. The fourth-order valence-corrected chi connectivity index (χ4v) is 2.44. The molecule has 0 heterocycles. The SMILES string of the molecule is CC(=O)O[C@H]1C[C@H](CO)[C@@H]1COCc1ccccc1. The van der Waals surface area contributed by atoms with Gasteiger partial charge in [-0.2, -0.15) is 0 Å². The molecular weight excluding hydrogens is 244 g/mol. The Balaban J connectivity index is 1.77. The first-order chi connectivity index (χ1) is 9.20. The monoisotopic (exact) mass is 264 g/mol. The van der Waals surface area contributed by atoms with Crippen molar-refractivity contribution in [2.75, 3.05) is 13.2 Å². The van der Waals surface area contributed by atoms with Crippen molar-refractivity contribution in [3.05, 3.63) is 35.9 Å². The predicted molar refractivity (Wildman–Crippen MR) is 70.3 cm³/mol. The molecule has 104 valence electrons. The van der Waals surface area contributed by atoms with Crippen molar-refractivity contribution in [3.8, 4) is 0 Å². The van der Waals surface area contributed by atoms with E-state index in [1.807, 2.05) is 30.3 Å². The number of esters is 1. The van der Waals surface area contributed by atoms with Crippen LogP contribution in [0.4, 0.5) is 0 Å². The van der Waals surface area contributed by atoms with E-state index in [2.05, 4.69) is 0 Å². The van der Waals surface area contributed by atoms with Crippen LogP contribution in [0.2, 0.25) is 0 Å². The third kappa shape index (κ3) is 3.78. The minimum Gasteiger partial charge on any atom is -0.462 e. The van der Waals surface area contributed by atoms with Crippen LogP contribution in [0.1, 0.15) is 18.9 Å². The Morgan fingerprint density at radius 2 is 2.11 bits per heavy atom. The van der Waals surface area contributed by atoms with E-state index >= 15 is 0 Å². The number of carbonyl (C=O) groups is 1. The topological polar surface area (TPSA) is 55.8 Å². The van der Waals surface area contributed by atoms with Crippen LogP contribution in [0, 0.1) is 11.8 Å². The van der Waals surface area contributed by atoms with Gasteiger partial charge in [0.25, 0.3) is 0 Å². The lowest BCUT2D eigenvalue weighted by molar-refractivity contribution is -0.168. The highest BCUT2D eigenvalue weighted by molar-refractivity contribution is 5.66. The molecule has 1 fully saturated rings. The number of carbonyl (C=O) groups excluding carboxylic acids is 1. The minimum atomic E-state index is -0.269. The smallest absolute Gasteiger partial charge is 0.302 e. The second kappa shape index (κ2) is 6.68. The van der Waals surface area contributed by atoms with Crippen LogP contribution < -0.4 is 0 Å². The molecule has 0 unspecified atom stereocenters. The van der Waals surface area contributed by atoms with Crippen molar-refractivity contribution in [2.24, 2.45) is 11.8 Å². The van der Waals surface area contributed by atoms with Gasteiger partial charge in [0.15, 0.2) is 0 Å². The van der Waals surface area contributed by atoms with Crippen LogP contribution in [-0.2, 0) is 20.9 Å². The van der Waals surface area contributed by atoms with Gasteiger partial charge in [0.1, 0.15) is 6.10 Å². The summed E-state index contributed by atoms with van der Waals surface area (Å²) in [5, 5.41) is 9.23. The molecule has 0 saturated heterocycles. The molecule has 0 aromatic heterocycles. The second-order valence-electron chi connectivity index (χ2n) is 4.99. The highest BCUT2D eigenvalue weighted by atomic mass is 16.5. The molecule has 0 spiro atoms. The van der Waals surface area contributed by atoms with Gasteiger partial charge < -0.3 is 14.6 Å². The Labute approximate surface area is 113 Å². The van der Waals surface area contributed by atoms with E-state index in [0.717, 1.165) is 12.0 Å². The predicted octanol–water partition coefficient (Wildman–Crippen LogP) is 1.76. The minimum absolute atomic E-state index is 0.106. The molecule has 1 aromatic rings. The maximum Gasteiger partial charge on any atom is 0.302 e. The number of aliphatic hydroxyl groups excluding tert-OH is 1. The van der Waals surface area contributed by atoms with Gasteiger partial charge in [-0.1, -0.05) is 30.3 Å². The van der Waals surface area contributed by atoms with Crippen LogP contribution in [0.15, 0.2) is 30.3 Å². The average molecular weight is 264 g/mol. The lowest BCUT2D eigenvalue weighted by Gasteiger charge is -2.42. The average Bonchev–Trinajstić information content (AvgIpc) is 2.40. The first kappa shape index (κ1) is 14.0. The number of benzene rings is 1. The van der Waals surface area contributed by atoms with Crippen molar-refractivity contribution < 1.29 is 19.4 Å². The molecule has 19 heavy (non-hydrogen) atoms. The molecule has 3 atom stereocenters. The van der Waals surface area contributed by atoms with Crippen molar-refractivity contribution in [3.63, 3.8) is 0 Å². The van der Waals surface area contributed by atoms with Gasteiger partial charge >= 0.3 is 5.97 Å². The van der Waals surface area contributed by atoms with E-state index in [4.69, 9.17) is 9.47 Å². The number of hydrogen-bond donors (Lipinski definition) is 1. The Morgan fingerprint density at radius 1 is 1.37 bits per heavy atom. The quantitative estimate of drug-likeness (QED) is 0.795. The molecule has 0 amide bonds. The summed E-state index contributed by atoms with van der Waals surface area (Å²) in [5.74, 6) is 0.0205. The fraction of sp³-hybridized carbons (Fsp3) is 0.533. The van der Waals surface area contributed by atoms with Gasteiger partial charge in [-0.05, 0) is 17.9 Å². The number of aliphatic hydroxyl groups is 1. The van der Waals surface area contributed by atoms with Crippen molar-refractivity contribution in [1.82, 2.24) is 0 Å². The second-order valence-corrected chi connectivity index (χ2v) is 4.99. The molecule has 2 rings (SSSR count). The number of ether oxygens (including phenoxy) is 2. The van der Waals surface area contributed by atoms with E-state index in [0.29, 0.717) is 13.2 Å². The van der Waals surface area contributed by atoms with E-state index in [1.54, 1.807) is 0 Å². The lowest BCUT2D eigenvalue weighted by Crippen LogP contribution is -2.48. The van der Waals surface area contributed by atoms with Crippen molar-refractivity contribution in [2.45, 2.75) is 26.1 Å². The van der Waals surface area contributed by atoms with Gasteiger partial charge in [0.2, 0.25) is 0 Å². The number of hydrogen-bond acceptors (Lipinski definition) is 4. The Hall–Kier alpha value is -1.39. The van der Waals surface area contributed by atoms with Crippen LogP contribution in [-0.4, -0.2) is 30.4 Å². The maximum atomic E-state index is 11.0. The summed E-state index contributed by atoms with van der Waals surface area (Å²) < 4.78 is 10.9. The molecule has 4 nitrogen and oxygen atoms in total. The zero-order valence-electron chi connectivity index (χ0n) is 11.1. The molecule has 1 N–H and O–H groups in total. The summed E-state index contributed by atoms with van der Waals surface area (Å²) in [6.07, 6.45) is 0.626. The molecule has 0 radical (unpaired) electrons. The molecule has 1 aromatic carbocycles. The van der Waals surface area contributed by atoms with Crippen LogP contribution in [0.25, 0.3) is 0 Å². The Morgan fingerprint density at radius 3 is 2.74 bits per heavy atom. The van der Waals surface area contributed by atoms with Crippen molar-refractivity contribution >= 4 is 5.97 Å². The standard InChI is InChI=1S/C15H20O4/c1-11(17)19-15-7-13(8-16)14(15)10-18-9-12-5-3-2-4-6-12/h2-6,13-16H,7-10H2,1H3/t13-,14+,15+/m1/s1. The van der Waals surface area contributed by atoms with E-state index in [9.17, 15) is 9.90 Å². The van der Waals surface area contributed by atoms with Crippen LogP contribution in [0.5, 0.6) is 0 Å². The van der Waals surface area contributed by atoms with Crippen LogP contribution >= 0.6 is 0 Å². The third-order valence-corrected chi connectivity index (χ3v) is 3.59. The van der Waals surface area contributed by atoms with Gasteiger partial charge in [-0.15, -0.1) is 0 Å². The third-order valence-electron chi connectivity index (χ3n) is 3.59. The largest absolute Gasteiger partial charge is 0.462 e. The maximum absolute atomic E-state index is 11.0. The molecule has 1 aliphatic carbocycles. The zero-order chi connectivity index (χ0) is 13.7. The highest BCUT2D eigenvalue weighted by Gasteiger charge is 2.42. The highest BCUT2D eigenvalue weighted by Crippen LogP contribution is 2.37. The Bertz CT molecular complexity index is 404. The molecule has 0 aliphatic heterocycles. The summed E-state index contributed by atoms with van der Waals surface area (Å²) in [7, 11) is 0. The lowest BCUT2D eigenvalue weighted by atomic mass is 9.71. The fourth-order valence-electron chi connectivity index (χ4n) is 2.44.